The minimum absolute atomic E-state index is 1.21. The zero-order valence-corrected chi connectivity index (χ0v) is 12.9. The van der Waals surface area contributed by atoms with Crippen molar-refractivity contribution < 1.29 is 0 Å². The molecular formula is C18H27N. The van der Waals surface area contributed by atoms with E-state index in [0.717, 1.165) is 0 Å². The van der Waals surface area contributed by atoms with Crippen LogP contribution in [0.15, 0.2) is 30.5 Å². The number of aryl methyl sites for hydroxylation is 1. The van der Waals surface area contributed by atoms with Gasteiger partial charge in [-0.3, -0.25) is 0 Å². The Balaban J connectivity index is 0.000000861. The monoisotopic (exact) mass is 257 g/mol. The summed E-state index contributed by atoms with van der Waals surface area (Å²) >= 11 is 0. The first kappa shape index (κ1) is 15.6. The number of likely N-dealkylation sites (tertiary alicyclic amines) is 1. The molecule has 0 saturated carbocycles. The van der Waals surface area contributed by atoms with Gasteiger partial charge < -0.3 is 4.90 Å². The van der Waals surface area contributed by atoms with Crippen LogP contribution in [0.5, 0.6) is 0 Å². The van der Waals surface area contributed by atoms with Gasteiger partial charge in [-0.2, -0.15) is 0 Å². The molecule has 0 radical (unpaired) electrons. The van der Waals surface area contributed by atoms with Crippen LogP contribution in [0.3, 0.4) is 0 Å². The molecule has 1 heterocycles. The van der Waals surface area contributed by atoms with E-state index >= 15 is 0 Å². The van der Waals surface area contributed by atoms with Gasteiger partial charge in [-0.05, 0) is 49.5 Å². The lowest BCUT2D eigenvalue weighted by Gasteiger charge is -2.18. The number of hydrogen-bond acceptors (Lipinski definition) is 1. The molecule has 1 heteroatoms. The molecule has 1 aliphatic rings. The van der Waals surface area contributed by atoms with Gasteiger partial charge >= 0.3 is 0 Å². The van der Waals surface area contributed by atoms with Gasteiger partial charge in [0.2, 0.25) is 0 Å². The summed E-state index contributed by atoms with van der Waals surface area (Å²) in [5, 5.41) is 0. The smallest absolute Gasteiger partial charge is 0.0175 e. The molecule has 0 atom stereocenters. The van der Waals surface area contributed by atoms with Crippen LogP contribution in [0, 0.1) is 6.92 Å². The topological polar surface area (TPSA) is 3.24 Å². The molecule has 1 nitrogen and oxygen atoms in total. The second kappa shape index (κ2) is 7.83. The predicted octanol–water partition coefficient (Wildman–Crippen LogP) is 5.12. The summed E-state index contributed by atoms with van der Waals surface area (Å²) in [5.74, 6) is 0. The van der Waals surface area contributed by atoms with Crippen LogP contribution in [0.2, 0.25) is 0 Å². The number of nitrogens with zero attached hydrogens (tertiary/aromatic N) is 1. The summed E-state index contributed by atoms with van der Waals surface area (Å²) in [5.41, 5.74) is 5.20. The minimum Gasteiger partial charge on any atom is -0.375 e. The van der Waals surface area contributed by atoms with E-state index in [4.69, 9.17) is 0 Å². The number of rotatable bonds is 3. The molecule has 0 unspecified atom stereocenters. The molecule has 0 aliphatic carbocycles. The molecule has 0 bridgehead atoms. The van der Waals surface area contributed by atoms with Gasteiger partial charge in [0.15, 0.2) is 0 Å². The van der Waals surface area contributed by atoms with Crippen LogP contribution in [0.4, 0.5) is 0 Å². The van der Waals surface area contributed by atoms with Crippen molar-refractivity contribution in [1.29, 1.82) is 0 Å². The van der Waals surface area contributed by atoms with Crippen LogP contribution in [-0.2, 0) is 0 Å². The Hall–Kier alpha value is -1.50. The summed E-state index contributed by atoms with van der Waals surface area (Å²) < 4.78 is 0. The predicted molar refractivity (Wildman–Crippen MR) is 87.1 cm³/mol. The zero-order chi connectivity index (χ0) is 14.3. The largest absolute Gasteiger partial charge is 0.375 e. The molecule has 1 saturated heterocycles. The molecule has 0 N–H and O–H groups in total. The Morgan fingerprint density at radius 3 is 2.42 bits per heavy atom. The van der Waals surface area contributed by atoms with E-state index in [9.17, 15) is 0 Å². The Labute approximate surface area is 118 Å². The summed E-state index contributed by atoms with van der Waals surface area (Å²) in [6, 6.07) is 6.43. The molecule has 19 heavy (non-hydrogen) atoms. The fraction of sp³-hybridized carbons (Fsp3) is 0.444. The Kier molecular flexibility index (Phi) is 6.41. The highest BCUT2D eigenvalue weighted by Crippen LogP contribution is 2.21. The molecule has 104 valence electrons. The second-order valence-corrected chi connectivity index (χ2v) is 4.76. The maximum Gasteiger partial charge on any atom is 0.0175 e. The normalized spacial score (nSPS) is 14.9. The van der Waals surface area contributed by atoms with E-state index < -0.39 is 0 Å². The van der Waals surface area contributed by atoms with E-state index in [0.29, 0.717) is 0 Å². The lowest BCUT2D eigenvalue weighted by atomic mass is 10.0. The Morgan fingerprint density at radius 2 is 1.84 bits per heavy atom. The maximum atomic E-state index is 3.91. The highest BCUT2D eigenvalue weighted by molar-refractivity contribution is 5.67. The van der Waals surface area contributed by atoms with Gasteiger partial charge in [0.05, 0.1) is 0 Å². The highest BCUT2D eigenvalue weighted by atomic mass is 15.1. The molecule has 0 aromatic heterocycles. The first-order chi connectivity index (χ1) is 9.22. The first-order valence-corrected chi connectivity index (χ1v) is 7.37. The van der Waals surface area contributed by atoms with E-state index in [1.54, 1.807) is 0 Å². The van der Waals surface area contributed by atoms with Gasteiger partial charge in [-0.15, -0.1) is 0 Å². The van der Waals surface area contributed by atoms with Crippen molar-refractivity contribution in [2.24, 2.45) is 0 Å². The Bertz CT molecular complexity index is 437. The third kappa shape index (κ3) is 3.99. The molecule has 1 aromatic rings. The highest BCUT2D eigenvalue weighted by Gasteiger charge is 2.11. The van der Waals surface area contributed by atoms with Crippen molar-refractivity contribution in [3.05, 3.63) is 47.2 Å². The molecule has 1 aliphatic heterocycles. The van der Waals surface area contributed by atoms with Crippen LogP contribution >= 0.6 is 0 Å². The van der Waals surface area contributed by atoms with Gasteiger partial charge in [0, 0.05) is 18.8 Å². The summed E-state index contributed by atoms with van der Waals surface area (Å²) in [6.45, 7) is 14.7. The van der Waals surface area contributed by atoms with Crippen molar-refractivity contribution in [3.8, 4) is 0 Å². The molecule has 0 amide bonds. The average Bonchev–Trinajstić information content (AvgIpc) is 2.95. The first-order valence-electron chi connectivity index (χ1n) is 7.37. The van der Waals surface area contributed by atoms with Crippen LogP contribution < -0.4 is 0 Å². The van der Waals surface area contributed by atoms with Gasteiger partial charge in [0.1, 0.15) is 0 Å². The minimum atomic E-state index is 1.21. The standard InChI is InChI=1S/C16H21N.C2H6/c1-4-16-13(2)8-7-9-15(16)12-14(3)17-10-5-6-11-17;1-2/h4,7-9,12H,1,5-6,10-11H2,2-3H3;1-2H3/b14-12+;. The van der Waals surface area contributed by atoms with E-state index in [1.165, 1.54) is 48.3 Å². The van der Waals surface area contributed by atoms with Crippen molar-refractivity contribution in [2.45, 2.75) is 40.5 Å². The lowest BCUT2D eigenvalue weighted by molar-refractivity contribution is 0.431. The van der Waals surface area contributed by atoms with Crippen molar-refractivity contribution in [2.75, 3.05) is 13.1 Å². The molecule has 1 aromatic carbocycles. The van der Waals surface area contributed by atoms with Gasteiger partial charge in [-0.1, -0.05) is 44.7 Å². The van der Waals surface area contributed by atoms with Gasteiger partial charge in [0.25, 0.3) is 0 Å². The van der Waals surface area contributed by atoms with Crippen molar-refractivity contribution in [1.82, 2.24) is 4.90 Å². The third-order valence-electron chi connectivity index (χ3n) is 3.53. The Morgan fingerprint density at radius 1 is 1.21 bits per heavy atom. The van der Waals surface area contributed by atoms with Crippen LogP contribution in [0.1, 0.15) is 50.3 Å². The van der Waals surface area contributed by atoms with Crippen molar-refractivity contribution in [3.63, 3.8) is 0 Å². The molecule has 2 rings (SSSR count). The summed E-state index contributed by atoms with van der Waals surface area (Å²) in [6.07, 6.45) is 6.90. The van der Waals surface area contributed by atoms with E-state index in [-0.39, 0.29) is 0 Å². The maximum absolute atomic E-state index is 3.91. The molecule has 0 spiro atoms. The summed E-state index contributed by atoms with van der Waals surface area (Å²) in [7, 11) is 0. The average molecular weight is 257 g/mol. The zero-order valence-electron chi connectivity index (χ0n) is 12.9. The molecular weight excluding hydrogens is 230 g/mol. The SMILES string of the molecule is C=Cc1c(C)cccc1/C=C(\C)N1CCCC1.CC. The fourth-order valence-corrected chi connectivity index (χ4v) is 2.49. The quantitative estimate of drug-likeness (QED) is 0.726. The lowest BCUT2D eigenvalue weighted by Crippen LogP contribution is -2.16. The number of benzene rings is 1. The van der Waals surface area contributed by atoms with Crippen LogP contribution in [0.25, 0.3) is 12.2 Å². The van der Waals surface area contributed by atoms with E-state index in [1.807, 2.05) is 19.9 Å². The molecule has 1 fully saturated rings. The summed E-state index contributed by atoms with van der Waals surface area (Å²) in [4.78, 5) is 2.47. The fourth-order valence-electron chi connectivity index (χ4n) is 2.49. The third-order valence-corrected chi connectivity index (χ3v) is 3.53. The number of allylic oxidation sites excluding steroid dienone is 1. The van der Waals surface area contributed by atoms with Crippen LogP contribution in [-0.4, -0.2) is 18.0 Å². The van der Waals surface area contributed by atoms with Crippen molar-refractivity contribution >= 4 is 12.2 Å². The number of hydrogen-bond donors (Lipinski definition) is 0. The van der Waals surface area contributed by atoms with Gasteiger partial charge in [-0.25, -0.2) is 0 Å². The second-order valence-electron chi connectivity index (χ2n) is 4.76. The van der Waals surface area contributed by atoms with E-state index in [2.05, 4.69) is 49.6 Å².